The van der Waals surface area contributed by atoms with E-state index < -0.39 is 5.92 Å². The largest absolute Gasteiger partial charge is 0.396 e. The van der Waals surface area contributed by atoms with Gasteiger partial charge < -0.3 is 15.3 Å². The Labute approximate surface area is 139 Å². The molecule has 1 aliphatic rings. The van der Waals surface area contributed by atoms with Crippen molar-refractivity contribution in [2.75, 3.05) is 18.1 Å². The fourth-order valence-corrected chi connectivity index (χ4v) is 2.85. The van der Waals surface area contributed by atoms with Gasteiger partial charge in [-0.05, 0) is 38.0 Å². The molecule has 0 saturated carbocycles. The van der Waals surface area contributed by atoms with Crippen LogP contribution in [0.1, 0.15) is 19.8 Å². The van der Waals surface area contributed by atoms with E-state index in [0.29, 0.717) is 35.1 Å². The van der Waals surface area contributed by atoms with Crippen molar-refractivity contribution in [2.45, 2.75) is 25.8 Å². The zero-order valence-corrected chi connectivity index (χ0v) is 13.7. The van der Waals surface area contributed by atoms with E-state index >= 15 is 0 Å². The lowest BCUT2D eigenvalue weighted by Crippen LogP contribution is -2.41. The number of rotatable bonds is 5. The molecule has 5 nitrogen and oxygen atoms in total. The second kappa shape index (κ2) is 7.31. The number of nitrogens with one attached hydrogen (secondary N) is 1. The maximum Gasteiger partial charge on any atom is 0.239 e. The van der Waals surface area contributed by atoms with Crippen LogP contribution in [0.25, 0.3) is 0 Å². The summed E-state index contributed by atoms with van der Waals surface area (Å²) in [6, 6.07) is 4.73. The van der Waals surface area contributed by atoms with E-state index in [2.05, 4.69) is 5.32 Å². The fraction of sp³-hybridized carbons (Fsp3) is 0.467. The van der Waals surface area contributed by atoms with E-state index in [0.717, 1.165) is 0 Å². The van der Waals surface area contributed by atoms with Crippen LogP contribution in [-0.2, 0) is 9.59 Å². The van der Waals surface area contributed by atoms with Crippen molar-refractivity contribution >= 4 is 40.7 Å². The molecule has 0 radical (unpaired) electrons. The molecule has 1 saturated heterocycles. The molecule has 120 valence electrons. The number of halogens is 2. The first-order chi connectivity index (χ1) is 10.4. The van der Waals surface area contributed by atoms with Crippen LogP contribution in [0.5, 0.6) is 0 Å². The van der Waals surface area contributed by atoms with Crippen LogP contribution in [0.15, 0.2) is 18.2 Å². The third kappa shape index (κ3) is 3.72. The Balaban J connectivity index is 2.09. The summed E-state index contributed by atoms with van der Waals surface area (Å²) in [5, 5.41) is 12.5. The molecule has 1 aliphatic heterocycles. The summed E-state index contributed by atoms with van der Waals surface area (Å²) >= 11 is 12.1. The number of carbonyl (C=O) groups excluding carboxylic acids is 2. The van der Waals surface area contributed by atoms with Crippen LogP contribution in [0, 0.1) is 5.92 Å². The number of hydrogen-bond donors (Lipinski definition) is 2. The third-order valence-corrected chi connectivity index (χ3v) is 4.23. The Morgan fingerprint density at radius 1 is 1.50 bits per heavy atom. The molecule has 7 heteroatoms. The van der Waals surface area contributed by atoms with Gasteiger partial charge in [0, 0.05) is 24.2 Å². The first-order valence-corrected chi connectivity index (χ1v) is 7.87. The number of hydrogen-bond acceptors (Lipinski definition) is 3. The summed E-state index contributed by atoms with van der Waals surface area (Å²) in [5.41, 5.74) is 0.526. The fourth-order valence-electron chi connectivity index (χ4n) is 2.46. The summed E-state index contributed by atoms with van der Waals surface area (Å²) < 4.78 is 0. The minimum absolute atomic E-state index is 0.00962. The standard InChI is InChI=1S/C15H18Cl2N2O3/c1-9(5-7-20)18-14(21)11-4-6-19(15(11)22)13-8-10(16)2-3-12(13)17/h2-3,8-9,11,20H,4-7H2,1H3,(H,18,21)/t9-,11?/m1/s1. The van der Waals surface area contributed by atoms with E-state index in [9.17, 15) is 9.59 Å². The monoisotopic (exact) mass is 344 g/mol. The Bertz CT molecular complexity index is 580. The predicted octanol–water partition coefficient (Wildman–Crippen LogP) is 2.23. The first-order valence-electron chi connectivity index (χ1n) is 7.11. The number of anilines is 1. The van der Waals surface area contributed by atoms with Crippen LogP contribution in [0.2, 0.25) is 10.0 Å². The molecule has 0 aliphatic carbocycles. The zero-order valence-electron chi connectivity index (χ0n) is 12.2. The topological polar surface area (TPSA) is 69.6 Å². The molecule has 2 N–H and O–H groups in total. The molecule has 1 fully saturated rings. The van der Waals surface area contributed by atoms with Gasteiger partial charge >= 0.3 is 0 Å². The molecule has 22 heavy (non-hydrogen) atoms. The Morgan fingerprint density at radius 2 is 2.23 bits per heavy atom. The summed E-state index contributed by atoms with van der Waals surface area (Å²) in [5.74, 6) is -1.32. The van der Waals surface area contributed by atoms with Gasteiger partial charge in [-0.1, -0.05) is 23.2 Å². The van der Waals surface area contributed by atoms with Gasteiger partial charge in [0.1, 0.15) is 5.92 Å². The van der Waals surface area contributed by atoms with E-state index in [1.54, 1.807) is 25.1 Å². The van der Waals surface area contributed by atoms with Crippen molar-refractivity contribution in [3.8, 4) is 0 Å². The van der Waals surface area contributed by atoms with Crippen LogP contribution < -0.4 is 10.2 Å². The van der Waals surface area contributed by atoms with Crippen LogP contribution >= 0.6 is 23.2 Å². The van der Waals surface area contributed by atoms with Crippen LogP contribution in [0.4, 0.5) is 5.69 Å². The average molecular weight is 345 g/mol. The maximum absolute atomic E-state index is 12.5. The number of aliphatic hydroxyl groups excluding tert-OH is 1. The molecule has 2 amide bonds. The Kier molecular flexibility index (Phi) is 5.67. The molecular formula is C15H18Cl2N2O3. The average Bonchev–Trinajstić information content (AvgIpc) is 2.83. The van der Waals surface area contributed by atoms with Gasteiger partial charge in [-0.3, -0.25) is 9.59 Å². The van der Waals surface area contributed by atoms with Crippen molar-refractivity contribution in [2.24, 2.45) is 5.92 Å². The molecule has 1 heterocycles. The Morgan fingerprint density at radius 3 is 2.91 bits per heavy atom. The first kappa shape index (κ1) is 17.1. The van der Waals surface area contributed by atoms with Gasteiger partial charge in [0.05, 0.1) is 10.7 Å². The molecular weight excluding hydrogens is 327 g/mol. The lowest BCUT2D eigenvalue weighted by atomic mass is 10.1. The highest BCUT2D eigenvalue weighted by Gasteiger charge is 2.38. The molecule has 0 aromatic heterocycles. The number of carbonyl (C=O) groups is 2. The SMILES string of the molecule is C[C@H](CCO)NC(=O)C1CCN(c2cc(Cl)ccc2Cl)C1=O. The number of nitrogens with zero attached hydrogens (tertiary/aromatic N) is 1. The van der Waals surface area contributed by atoms with Crippen LogP contribution in [0.3, 0.4) is 0 Å². The van der Waals surface area contributed by atoms with Gasteiger partial charge in [0.25, 0.3) is 0 Å². The van der Waals surface area contributed by atoms with Gasteiger partial charge in [-0.15, -0.1) is 0 Å². The molecule has 0 spiro atoms. The highest BCUT2D eigenvalue weighted by molar-refractivity contribution is 6.36. The molecule has 0 bridgehead atoms. The highest BCUT2D eigenvalue weighted by Crippen LogP contribution is 2.33. The summed E-state index contributed by atoms with van der Waals surface area (Å²) in [6.07, 6.45) is 0.885. The molecule has 1 unspecified atom stereocenters. The van der Waals surface area contributed by atoms with Gasteiger partial charge in [-0.25, -0.2) is 0 Å². The molecule has 2 atom stereocenters. The number of amides is 2. The quantitative estimate of drug-likeness (QED) is 0.804. The number of aliphatic hydroxyl groups is 1. The normalized spacial score (nSPS) is 19.4. The minimum Gasteiger partial charge on any atom is -0.396 e. The van der Waals surface area contributed by atoms with Gasteiger partial charge in [0.15, 0.2) is 0 Å². The summed E-state index contributed by atoms with van der Waals surface area (Å²) in [7, 11) is 0. The van der Waals surface area contributed by atoms with Crippen molar-refractivity contribution in [3.63, 3.8) is 0 Å². The van der Waals surface area contributed by atoms with Gasteiger partial charge in [-0.2, -0.15) is 0 Å². The maximum atomic E-state index is 12.5. The van der Waals surface area contributed by atoms with Crippen LogP contribution in [-0.4, -0.2) is 36.1 Å². The summed E-state index contributed by atoms with van der Waals surface area (Å²) in [4.78, 5) is 26.1. The van der Waals surface area contributed by atoms with E-state index in [1.165, 1.54) is 4.90 Å². The molecule has 2 rings (SSSR count). The van der Waals surface area contributed by atoms with Crippen molar-refractivity contribution in [1.29, 1.82) is 0 Å². The van der Waals surface area contributed by atoms with E-state index in [4.69, 9.17) is 28.3 Å². The Hall–Kier alpha value is -1.30. The van der Waals surface area contributed by atoms with Crippen molar-refractivity contribution < 1.29 is 14.7 Å². The smallest absolute Gasteiger partial charge is 0.239 e. The van der Waals surface area contributed by atoms with Crippen molar-refractivity contribution in [1.82, 2.24) is 5.32 Å². The second-order valence-corrected chi connectivity index (χ2v) is 6.19. The molecule has 1 aromatic rings. The molecule has 1 aromatic carbocycles. The zero-order chi connectivity index (χ0) is 16.3. The summed E-state index contributed by atoms with van der Waals surface area (Å²) in [6.45, 7) is 2.20. The van der Waals surface area contributed by atoms with E-state index in [1.807, 2.05) is 0 Å². The van der Waals surface area contributed by atoms with Crippen molar-refractivity contribution in [3.05, 3.63) is 28.2 Å². The second-order valence-electron chi connectivity index (χ2n) is 5.35. The highest BCUT2D eigenvalue weighted by atomic mass is 35.5. The van der Waals surface area contributed by atoms with E-state index in [-0.39, 0.29) is 24.5 Å². The lowest BCUT2D eigenvalue weighted by molar-refractivity contribution is -0.132. The third-order valence-electron chi connectivity index (χ3n) is 3.67. The minimum atomic E-state index is -0.726. The number of benzene rings is 1. The van der Waals surface area contributed by atoms with Gasteiger partial charge in [0.2, 0.25) is 11.8 Å². The lowest BCUT2D eigenvalue weighted by Gasteiger charge is -2.19. The predicted molar refractivity (Wildman–Crippen MR) is 86.2 cm³/mol.